The zero-order chi connectivity index (χ0) is 24.2. The average Bonchev–Trinajstić information content (AvgIpc) is 2.82. The lowest BCUT2D eigenvalue weighted by atomic mass is 9.95. The molecule has 0 atom stereocenters. The lowest BCUT2D eigenvalue weighted by Gasteiger charge is -2.11. The quantitative estimate of drug-likeness (QED) is 0.255. The van der Waals surface area contributed by atoms with Crippen LogP contribution in [0.3, 0.4) is 0 Å². The van der Waals surface area contributed by atoms with Crippen LogP contribution in [0.15, 0.2) is 60.7 Å². The summed E-state index contributed by atoms with van der Waals surface area (Å²) in [6.45, 7) is 2.02. The second kappa shape index (κ2) is 10.1. The summed E-state index contributed by atoms with van der Waals surface area (Å²) in [6, 6.07) is 16.9. The Morgan fingerprint density at radius 3 is 2.15 bits per heavy atom. The van der Waals surface area contributed by atoms with Crippen molar-refractivity contribution in [1.29, 1.82) is 5.26 Å². The fraction of sp³-hybridized carbons (Fsp3) is 0.207. The molecular formula is C29H23F4N. The number of nitriles is 1. The Morgan fingerprint density at radius 2 is 1.47 bits per heavy atom. The van der Waals surface area contributed by atoms with Crippen LogP contribution < -0.4 is 0 Å². The molecule has 0 saturated carbocycles. The summed E-state index contributed by atoms with van der Waals surface area (Å²) in [4.78, 5) is 0. The third-order valence-corrected chi connectivity index (χ3v) is 6.08. The lowest BCUT2D eigenvalue weighted by molar-refractivity contribution is 0.584. The molecule has 0 aliphatic carbocycles. The van der Waals surface area contributed by atoms with E-state index in [4.69, 9.17) is 5.26 Å². The van der Waals surface area contributed by atoms with E-state index in [9.17, 15) is 13.2 Å². The minimum atomic E-state index is -0.628. The lowest BCUT2D eigenvalue weighted by Crippen LogP contribution is -1.98. The molecule has 0 fully saturated rings. The Labute approximate surface area is 196 Å². The molecule has 4 aromatic carbocycles. The SMILES string of the molecule is CCCCc1cc(F)c(-c2ccc3c(F)c(CCc4ccc(C#N)c(F)c4)ccc3c2)c(F)c1. The number of aryl methyl sites for hydroxylation is 3. The number of halogens is 4. The second-order valence-electron chi connectivity index (χ2n) is 8.44. The minimum absolute atomic E-state index is 0.0279. The van der Waals surface area contributed by atoms with E-state index in [-0.39, 0.29) is 11.1 Å². The maximum Gasteiger partial charge on any atom is 0.141 e. The van der Waals surface area contributed by atoms with Gasteiger partial charge in [-0.3, -0.25) is 0 Å². The molecule has 0 unspecified atom stereocenters. The molecule has 34 heavy (non-hydrogen) atoms. The van der Waals surface area contributed by atoms with Gasteiger partial charge in [0.2, 0.25) is 0 Å². The summed E-state index contributed by atoms with van der Waals surface area (Å²) in [5, 5.41) is 9.73. The van der Waals surface area contributed by atoms with Crippen LogP contribution in [0.5, 0.6) is 0 Å². The predicted octanol–water partition coefficient (Wildman–Crippen LogP) is 8.06. The van der Waals surface area contributed by atoms with Crippen LogP contribution >= 0.6 is 0 Å². The van der Waals surface area contributed by atoms with E-state index >= 15 is 4.39 Å². The van der Waals surface area contributed by atoms with Crippen molar-refractivity contribution in [2.24, 2.45) is 0 Å². The molecule has 0 N–H and O–H groups in total. The maximum absolute atomic E-state index is 15.2. The maximum atomic E-state index is 15.2. The van der Waals surface area contributed by atoms with E-state index in [2.05, 4.69) is 0 Å². The summed E-state index contributed by atoms with van der Waals surface area (Å²) in [5.41, 5.74) is 1.96. The summed E-state index contributed by atoms with van der Waals surface area (Å²) in [6.07, 6.45) is 3.16. The normalized spacial score (nSPS) is 11.1. The molecule has 1 nitrogen and oxygen atoms in total. The van der Waals surface area contributed by atoms with Crippen molar-refractivity contribution >= 4 is 10.8 Å². The summed E-state index contributed by atoms with van der Waals surface area (Å²) >= 11 is 0. The molecule has 0 amide bonds. The minimum Gasteiger partial charge on any atom is -0.206 e. The molecule has 0 aromatic heterocycles. The van der Waals surface area contributed by atoms with Crippen LogP contribution in [-0.2, 0) is 19.3 Å². The van der Waals surface area contributed by atoms with Crippen molar-refractivity contribution in [3.8, 4) is 17.2 Å². The van der Waals surface area contributed by atoms with Crippen LogP contribution in [0.2, 0.25) is 0 Å². The molecule has 0 bridgehead atoms. The molecule has 0 saturated heterocycles. The molecule has 4 rings (SSSR count). The van der Waals surface area contributed by atoms with Crippen molar-refractivity contribution in [2.45, 2.75) is 39.0 Å². The van der Waals surface area contributed by atoms with Crippen LogP contribution in [-0.4, -0.2) is 0 Å². The molecule has 172 valence electrons. The summed E-state index contributed by atoms with van der Waals surface area (Å²) in [5.74, 6) is -2.26. The number of rotatable bonds is 7. The van der Waals surface area contributed by atoms with E-state index in [0.29, 0.717) is 52.3 Å². The highest BCUT2D eigenvalue weighted by atomic mass is 19.1. The van der Waals surface area contributed by atoms with Crippen LogP contribution in [0.4, 0.5) is 17.6 Å². The van der Waals surface area contributed by atoms with E-state index in [1.54, 1.807) is 30.3 Å². The highest BCUT2D eigenvalue weighted by Gasteiger charge is 2.15. The van der Waals surface area contributed by atoms with Gasteiger partial charge in [-0.05, 0) is 83.7 Å². The van der Waals surface area contributed by atoms with Crippen LogP contribution in [0.25, 0.3) is 21.9 Å². The van der Waals surface area contributed by atoms with Crippen molar-refractivity contribution in [3.63, 3.8) is 0 Å². The van der Waals surface area contributed by atoms with Crippen molar-refractivity contribution < 1.29 is 17.6 Å². The monoisotopic (exact) mass is 461 g/mol. The highest BCUT2D eigenvalue weighted by molar-refractivity contribution is 5.88. The van der Waals surface area contributed by atoms with Gasteiger partial charge in [0.05, 0.1) is 11.1 Å². The first-order valence-corrected chi connectivity index (χ1v) is 11.3. The van der Waals surface area contributed by atoms with Crippen molar-refractivity contribution in [1.82, 2.24) is 0 Å². The number of hydrogen-bond donors (Lipinski definition) is 0. The molecule has 0 aliphatic heterocycles. The van der Waals surface area contributed by atoms with Gasteiger partial charge in [0.25, 0.3) is 0 Å². The zero-order valence-electron chi connectivity index (χ0n) is 18.8. The van der Waals surface area contributed by atoms with Gasteiger partial charge in [-0.1, -0.05) is 43.7 Å². The first-order valence-electron chi connectivity index (χ1n) is 11.3. The first kappa shape index (κ1) is 23.5. The van der Waals surface area contributed by atoms with Crippen LogP contribution in [0, 0.1) is 34.6 Å². The van der Waals surface area contributed by atoms with Gasteiger partial charge in [0.1, 0.15) is 29.3 Å². The number of benzene rings is 4. The molecule has 4 aromatic rings. The summed E-state index contributed by atoms with van der Waals surface area (Å²) in [7, 11) is 0. The van der Waals surface area contributed by atoms with Gasteiger partial charge in [-0.15, -0.1) is 0 Å². The average molecular weight is 462 g/mol. The summed E-state index contributed by atoms with van der Waals surface area (Å²) < 4.78 is 58.5. The Hall–Kier alpha value is -3.65. The Morgan fingerprint density at radius 1 is 0.735 bits per heavy atom. The van der Waals surface area contributed by atoms with Gasteiger partial charge in [-0.2, -0.15) is 5.26 Å². The second-order valence-corrected chi connectivity index (χ2v) is 8.44. The first-order chi connectivity index (χ1) is 16.4. The van der Waals surface area contributed by atoms with E-state index in [1.165, 1.54) is 36.4 Å². The van der Waals surface area contributed by atoms with Gasteiger partial charge < -0.3 is 0 Å². The third kappa shape index (κ3) is 4.82. The van der Waals surface area contributed by atoms with Gasteiger partial charge in [0.15, 0.2) is 0 Å². The molecule has 0 heterocycles. The number of hydrogen-bond acceptors (Lipinski definition) is 1. The fourth-order valence-electron chi connectivity index (χ4n) is 4.20. The van der Waals surface area contributed by atoms with Crippen LogP contribution in [0.1, 0.15) is 42.0 Å². The Kier molecular flexibility index (Phi) is 6.98. The number of unbranched alkanes of at least 4 members (excludes halogenated alkanes) is 1. The standard InChI is InChI=1S/C29H23F4N/c1-2-3-4-19-14-26(31)28(27(32)15-19)22-11-12-24-21(16-22)10-9-20(29(24)33)7-5-18-6-8-23(17-34)25(30)13-18/h6,8-16H,2-5,7H2,1H3. The van der Waals surface area contributed by atoms with Gasteiger partial charge in [-0.25, -0.2) is 17.6 Å². The zero-order valence-corrected chi connectivity index (χ0v) is 18.8. The molecule has 0 radical (unpaired) electrons. The molecule has 5 heteroatoms. The molecular weight excluding hydrogens is 438 g/mol. The Bertz CT molecular complexity index is 1380. The fourth-order valence-corrected chi connectivity index (χ4v) is 4.20. The molecule has 0 spiro atoms. The van der Waals surface area contributed by atoms with E-state index < -0.39 is 23.3 Å². The van der Waals surface area contributed by atoms with E-state index in [0.717, 1.165) is 12.8 Å². The topological polar surface area (TPSA) is 23.8 Å². The third-order valence-electron chi connectivity index (χ3n) is 6.08. The van der Waals surface area contributed by atoms with E-state index in [1.807, 2.05) is 6.92 Å². The largest absolute Gasteiger partial charge is 0.206 e. The van der Waals surface area contributed by atoms with Crippen molar-refractivity contribution in [3.05, 3.63) is 106 Å². The highest BCUT2D eigenvalue weighted by Crippen LogP contribution is 2.32. The molecule has 0 aliphatic rings. The van der Waals surface area contributed by atoms with Gasteiger partial charge >= 0.3 is 0 Å². The predicted molar refractivity (Wildman–Crippen MR) is 126 cm³/mol. The number of nitrogens with zero attached hydrogens (tertiary/aromatic N) is 1. The smallest absolute Gasteiger partial charge is 0.141 e. The van der Waals surface area contributed by atoms with Gasteiger partial charge in [0, 0.05) is 5.39 Å². The number of fused-ring (bicyclic) bond motifs is 1. The Balaban J connectivity index is 1.60. The van der Waals surface area contributed by atoms with Crippen molar-refractivity contribution in [2.75, 3.05) is 0 Å².